The van der Waals surface area contributed by atoms with E-state index in [1.807, 2.05) is 16.0 Å². The summed E-state index contributed by atoms with van der Waals surface area (Å²) in [5.74, 6) is 1.74. The molecule has 1 aliphatic carbocycles. The van der Waals surface area contributed by atoms with Crippen molar-refractivity contribution >= 4 is 28.6 Å². The summed E-state index contributed by atoms with van der Waals surface area (Å²) in [6.45, 7) is 5.42. The maximum Gasteiger partial charge on any atom is 0.256 e. The van der Waals surface area contributed by atoms with Crippen LogP contribution in [-0.2, 0) is 14.3 Å². The first-order chi connectivity index (χ1) is 20.0. The number of H-pyrrole nitrogens is 1. The summed E-state index contributed by atoms with van der Waals surface area (Å²) in [6.07, 6.45) is 6.40. The van der Waals surface area contributed by atoms with Crippen molar-refractivity contribution in [2.24, 2.45) is 16.8 Å². The van der Waals surface area contributed by atoms with Crippen LogP contribution < -0.4 is 0 Å². The van der Waals surface area contributed by atoms with Crippen molar-refractivity contribution in [1.29, 1.82) is 0 Å². The van der Waals surface area contributed by atoms with Crippen LogP contribution in [0.3, 0.4) is 0 Å². The van der Waals surface area contributed by atoms with Crippen LogP contribution in [0.2, 0.25) is 0 Å². The highest BCUT2D eigenvalue weighted by molar-refractivity contribution is 6.15. The number of nitrogens with one attached hydrogen (secondary N) is 1. The van der Waals surface area contributed by atoms with Crippen molar-refractivity contribution in [2.75, 3.05) is 53.0 Å². The Morgan fingerprint density at radius 3 is 2.51 bits per heavy atom. The average Bonchev–Trinajstić information content (AvgIpc) is 3.46. The van der Waals surface area contributed by atoms with Crippen LogP contribution in [0.15, 0.2) is 59.7 Å². The number of nitrogens with zero attached hydrogens (tertiary/aromatic N) is 4. The van der Waals surface area contributed by atoms with Gasteiger partial charge < -0.3 is 19.5 Å². The van der Waals surface area contributed by atoms with E-state index in [0.29, 0.717) is 19.1 Å². The fourth-order valence-electron chi connectivity index (χ4n) is 6.81. The van der Waals surface area contributed by atoms with E-state index in [1.165, 1.54) is 5.39 Å². The molecule has 1 atom stereocenters. The second kappa shape index (κ2) is 10.7. The first-order valence-corrected chi connectivity index (χ1v) is 15.1. The van der Waals surface area contributed by atoms with Crippen molar-refractivity contribution < 1.29 is 14.3 Å². The molecule has 0 bridgehead atoms. The number of hydrogen-bond donors (Lipinski definition) is 1. The Bertz CT molecular complexity index is 1470. The molecule has 4 heterocycles. The third-order valence-corrected chi connectivity index (χ3v) is 9.51. The van der Waals surface area contributed by atoms with E-state index in [2.05, 4.69) is 58.4 Å². The van der Waals surface area contributed by atoms with Crippen molar-refractivity contribution in [2.45, 2.75) is 37.6 Å². The van der Waals surface area contributed by atoms with Gasteiger partial charge in [-0.15, -0.1) is 0 Å². The minimum Gasteiger partial charge on any atom is -0.383 e. The van der Waals surface area contributed by atoms with Gasteiger partial charge in [0.1, 0.15) is 11.4 Å². The summed E-state index contributed by atoms with van der Waals surface area (Å²) in [7, 11) is 1.73. The Kier molecular flexibility index (Phi) is 6.91. The molecule has 1 saturated carbocycles. The fraction of sp³-hybridized carbons (Fsp3) is 0.485. The predicted molar refractivity (Wildman–Crippen MR) is 160 cm³/mol. The van der Waals surface area contributed by atoms with Gasteiger partial charge in [0.05, 0.1) is 6.61 Å². The molecule has 41 heavy (non-hydrogen) atoms. The zero-order chi connectivity index (χ0) is 28.0. The second-order valence-corrected chi connectivity index (χ2v) is 12.3. The molecular formula is C33H39N5O3. The molecule has 8 nitrogen and oxygen atoms in total. The largest absolute Gasteiger partial charge is 0.383 e. The van der Waals surface area contributed by atoms with Crippen LogP contribution in [-0.4, -0.2) is 95.9 Å². The normalized spacial score (nSPS) is 22.7. The second-order valence-electron chi connectivity index (χ2n) is 12.3. The summed E-state index contributed by atoms with van der Waals surface area (Å²) in [5.41, 5.74) is 3.71. The number of benzene rings is 2. The number of amides is 2. The van der Waals surface area contributed by atoms with Crippen molar-refractivity contribution in [3.63, 3.8) is 0 Å². The number of methoxy groups -OCH3 is 1. The number of likely N-dealkylation sites (tertiary alicyclic amines) is 2. The molecule has 214 valence electrons. The number of carbonyl (C=O) groups is 2. The number of aliphatic imine (C=N–C) groups is 1. The number of fused-ring (bicyclic) bond motifs is 1. The molecule has 2 saturated heterocycles. The third-order valence-electron chi connectivity index (χ3n) is 9.51. The molecular weight excluding hydrogens is 514 g/mol. The summed E-state index contributed by atoms with van der Waals surface area (Å²) in [4.78, 5) is 41.7. The van der Waals surface area contributed by atoms with Gasteiger partial charge in [-0.05, 0) is 72.7 Å². The van der Waals surface area contributed by atoms with Gasteiger partial charge >= 0.3 is 0 Å². The molecule has 0 radical (unpaired) electrons. The topological polar surface area (TPSA) is 81.2 Å². The van der Waals surface area contributed by atoms with Crippen molar-refractivity contribution in [1.82, 2.24) is 19.7 Å². The molecule has 3 fully saturated rings. The standard InChI is InChI=1S/C33H39N5O3/c1-41-19-18-36-16-12-33(13-17-36)32(40)38(22-23-11-15-37(21-23)31(39)26-6-7-26)30(35-33)25-4-2-24(3-5-25)27-8-9-29-28(20-27)10-14-34-29/h2-5,8-10,14,20,23,26,34H,6-7,11-13,15-19,21-22H2,1H3/t23-/m1/s1. The maximum atomic E-state index is 14.2. The van der Waals surface area contributed by atoms with Gasteiger partial charge in [0.25, 0.3) is 5.91 Å². The lowest BCUT2D eigenvalue weighted by Crippen LogP contribution is -2.51. The van der Waals surface area contributed by atoms with E-state index < -0.39 is 5.54 Å². The zero-order valence-corrected chi connectivity index (χ0v) is 23.8. The molecule has 3 aromatic rings. The van der Waals surface area contributed by atoms with Crippen molar-refractivity contribution in [3.05, 3.63) is 60.3 Å². The van der Waals surface area contributed by atoms with Crippen molar-refractivity contribution in [3.8, 4) is 11.1 Å². The Morgan fingerprint density at radius 1 is 1.00 bits per heavy atom. The number of ether oxygens (including phenoxy) is 1. The average molecular weight is 554 g/mol. The first kappa shape index (κ1) is 26.4. The van der Waals surface area contributed by atoms with Crippen LogP contribution in [0.4, 0.5) is 0 Å². The molecule has 0 unspecified atom stereocenters. The Labute approximate surface area is 241 Å². The van der Waals surface area contributed by atoms with Gasteiger partial charge in [0.15, 0.2) is 0 Å². The zero-order valence-electron chi connectivity index (χ0n) is 23.8. The minimum absolute atomic E-state index is 0.132. The number of carbonyl (C=O) groups excluding carboxylic acids is 2. The SMILES string of the molecule is COCCN1CCC2(CC1)N=C(c1ccc(-c3ccc4[nH]ccc4c3)cc1)N(C[C@@H]1CCN(C(=O)C3CC3)C1)C2=O. The van der Waals surface area contributed by atoms with E-state index in [0.717, 1.165) is 92.9 Å². The first-order valence-electron chi connectivity index (χ1n) is 15.1. The van der Waals surface area contributed by atoms with E-state index >= 15 is 0 Å². The number of piperidine rings is 1. The van der Waals surface area contributed by atoms with Gasteiger partial charge in [0, 0.05) is 69.6 Å². The summed E-state index contributed by atoms with van der Waals surface area (Å²) < 4.78 is 5.28. The Balaban J connectivity index is 1.14. The van der Waals surface area contributed by atoms with Gasteiger partial charge in [-0.2, -0.15) is 0 Å². The number of hydrogen-bond acceptors (Lipinski definition) is 5. The van der Waals surface area contributed by atoms with Gasteiger partial charge in [0.2, 0.25) is 5.91 Å². The highest BCUT2D eigenvalue weighted by Crippen LogP contribution is 2.38. The summed E-state index contributed by atoms with van der Waals surface area (Å²) >= 11 is 0. The molecule has 1 N–H and O–H groups in total. The molecule has 8 heteroatoms. The van der Waals surface area contributed by atoms with Crippen LogP contribution in [0.5, 0.6) is 0 Å². The lowest BCUT2D eigenvalue weighted by molar-refractivity contribution is -0.133. The number of aromatic nitrogens is 1. The lowest BCUT2D eigenvalue weighted by atomic mass is 9.87. The van der Waals surface area contributed by atoms with Crippen LogP contribution >= 0.6 is 0 Å². The quantitative estimate of drug-likeness (QED) is 0.454. The smallest absolute Gasteiger partial charge is 0.256 e. The summed E-state index contributed by atoms with van der Waals surface area (Å²) in [6, 6.07) is 17.0. The van der Waals surface area contributed by atoms with E-state index in [9.17, 15) is 9.59 Å². The number of amidine groups is 1. The Hall–Kier alpha value is -3.49. The summed E-state index contributed by atoms with van der Waals surface area (Å²) in [5, 5.41) is 1.19. The highest BCUT2D eigenvalue weighted by atomic mass is 16.5. The molecule has 3 aliphatic heterocycles. The van der Waals surface area contributed by atoms with Crippen LogP contribution in [0, 0.1) is 11.8 Å². The number of aromatic amines is 1. The molecule has 1 aromatic heterocycles. The Morgan fingerprint density at radius 2 is 1.76 bits per heavy atom. The molecule has 1 spiro atoms. The molecule has 2 amide bonds. The molecule has 2 aromatic carbocycles. The van der Waals surface area contributed by atoms with E-state index in [-0.39, 0.29) is 17.7 Å². The maximum absolute atomic E-state index is 14.2. The number of rotatable bonds is 8. The monoisotopic (exact) mass is 553 g/mol. The predicted octanol–water partition coefficient (Wildman–Crippen LogP) is 4.16. The van der Waals surface area contributed by atoms with E-state index in [1.54, 1.807) is 7.11 Å². The molecule has 7 rings (SSSR count). The fourth-order valence-corrected chi connectivity index (χ4v) is 6.81. The minimum atomic E-state index is -0.695. The molecule has 4 aliphatic rings. The lowest BCUT2D eigenvalue weighted by Gasteiger charge is -2.36. The van der Waals surface area contributed by atoms with Gasteiger partial charge in [-0.1, -0.05) is 30.3 Å². The van der Waals surface area contributed by atoms with Gasteiger partial charge in [-0.3, -0.25) is 19.5 Å². The van der Waals surface area contributed by atoms with Gasteiger partial charge in [-0.25, -0.2) is 0 Å². The highest BCUT2D eigenvalue weighted by Gasteiger charge is 2.50. The van der Waals surface area contributed by atoms with Crippen LogP contribution in [0.1, 0.15) is 37.7 Å². The van der Waals surface area contributed by atoms with E-state index in [4.69, 9.17) is 9.73 Å². The van der Waals surface area contributed by atoms with Crippen LogP contribution in [0.25, 0.3) is 22.0 Å². The third kappa shape index (κ3) is 5.08.